The average Bonchev–Trinajstić information content (AvgIpc) is 2.70. The molecule has 29 heavy (non-hydrogen) atoms. The van der Waals surface area contributed by atoms with Crippen molar-refractivity contribution >= 4 is 39.3 Å². The number of nitrogens with one attached hydrogen (secondary N) is 1. The highest BCUT2D eigenvalue weighted by atomic mass is 35.5. The van der Waals surface area contributed by atoms with Crippen molar-refractivity contribution in [3.05, 3.63) is 53.6 Å². The second-order valence-electron chi connectivity index (χ2n) is 6.37. The van der Waals surface area contributed by atoms with Crippen LogP contribution >= 0.6 is 23.4 Å². The molecule has 1 atom stereocenters. The molecule has 0 aliphatic carbocycles. The van der Waals surface area contributed by atoms with Gasteiger partial charge in [-0.2, -0.15) is 0 Å². The van der Waals surface area contributed by atoms with Crippen LogP contribution in [0.4, 0.5) is 0 Å². The van der Waals surface area contributed by atoms with Crippen molar-refractivity contribution in [2.24, 2.45) is 0 Å². The lowest BCUT2D eigenvalue weighted by Gasteiger charge is -2.15. The van der Waals surface area contributed by atoms with Gasteiger partial charge < -0.3 is 10.1 Å². The normalized spacial score (nSPS) is 12.6. The fraction of sp³-hybridized carbons (Fsp3) is 0.350. The van der Waals surface area contributed by atoms with E-state index in [2.05, 4.69) is 5.32 Å². The summed E-state index contributed by atoms with van der Waals surface area (Å²) in [5.74, 6) is 0.489. The SMILES string of the molecule is CC[C@H](Sc1ccc(Cl)cc1)C(=O)NCCOc1ccc(S(=O)(=O)N(C)C)cc1. The summed E-state index contributed by atoms with van der Waals surface area (Å²) < 4.78 is 30.8. The van der Waals surface area contributed by atoms with Crippen molar-refractivity contribution in [2.45, 2.75) is 28.4 Å². The van der Waals surface area contributed by atoms with E-state index < -0.39 is 10.0 Å². The molecule has 1 N–H and O–H groups in total. The molecule has 2 aromatic carbocycles. The maximum atomic E-state index is 12.4. The maximum absolute atomic E-state index is 12.4. The van der Waals surface area contributed by atoms with Crippen molar-refractivity contribution < 1.29 is 17.9 Å². The minimum atomic E-state index is -3.46. The topological polar surface area (TPSA) is 75.7 Å². The van der Waals surface area contributed by atoms with Crippen LogP contribution in [0.25, 0.3) is 0 Å². The fourth-order valence-electron chi connectivity index (χ4n) is 2.38. The van der Waals surface area contributed by atoms with Gasteiger partial charge in [0.2, 0.25) is 15.9 Å². The average molecular weight is 457 g/mol. The molecule has 2 aromatic rings. The standard InChI is InChI=1S/C20H25ClN2O4S2/c1-4-19(28-17-9-5-15(21)6-10-17)20(24)22-13-14-27-16-7-11-18(12-8-16)29(25,26)23(2)3/h5-12,19H,4,13-14H2,1-3H3,(H,22,24)/t19-/m0/s1. The fourth-order valence-corrected chi connectivity index (χ4v) is 4.38. The molecular weight excluding hydrogens is 432 g/mol. The molecule has 9 heteroatoms. The van der Waals surface area contributed by atoms with E-state index in [1.54, 1.807) is 24.3 Å². The highest BCUT2D eigenvalue weighted by Crippen LogP contribution is 2.26. The second-order valence-corrected chi connectivity index (χ2v) is 10.2. The van der Waals surface area contributed by atoms with Gasteiger partial charge in [-0.1, -0.05) is 18.5 Å². The third kappa shape index (κ3) is 6.92. The second kappa shape index (κ2) is 10.9. The Bertz CT molecular complexity index is 901. The van der Waals surface area contributed by atoms with Gasteiger partial charge in [0.05, 0.1) is 16.7 Å². The van der Waals surface area contributed by atoms with Gasteiger partial charge in [0.25, 0.3) is 0 Å². The van der Waals surface area contributed by atoms with Crippen LogP contribution in [0.2, 0.25) is 5.02 Å². The van der Waals surface area contributed by atoms with Crippen LogP contribution in [0.1, 0.15) is 13.3 Å². The summed E-state index contributed by atoms with van der Waals surface area (Å²) in [6.45, 7) is 2.61. The molecule has 0 aliphatic heterocycles. The number of amides is 1. The van der Waals surface area contributed by atoms with E-state index in [9.17, 15) is 13.2 Å². The first kappa shape index (κ1) is 23.5. The third-order valence-corrected chi connectivity index (χ3v) is 7.49. The van der Waals surface area contributed by atoms with Gasteiger partial charge >= 0.3 is 0 Å². The molecule has 0 aromatic heterocycles. The van der Waals surface area contributed by atoms with Crippen LogP contribution in [0.5, 0.6) is 5.75 Å². The summed E-state index contributed by atoms with van der Waals surface area (Å²) in [6, 6.07) is 13.6. The lowest BCUT2D eigenvalue weighted by atomic mass is 10.3. The number of halogens is 1. The number of hydrogen-bond donors (Lipinski definition) is 1. The minimum Gasteiger partial charge on any atom is -0.492 e. The number of sulfonamides is 1. The van der Waals surface area contributed by atoms with Gasteiger partial charge in [0, 0.05) is 24.0 Å². The van der Waals surface area contributed by atoms with Crippen molar-refractivity contribution in [2.75, 3.05) is 27.2 Å². The number of hydrogen-bond acceptors (Lipinski definition) is 5. The van der Waals surface area contributed by atoms with E-state index in [1.807, 2.05) is 19.1 Å². The van der Waals surface area contributed by atoms with Crippen molar-refractivity contribution in [1.29, 1.82) is 0 Å². The Morgan fingerprint density at radius 3 is 2.31 bits per heavy atom. The molecule has 0 saturated carbocycles. The number of thioether (sulfide) groups is 1. The van der Waals surface area contributed by atoms with Gasteiger partial charge in [-0.25, -0.2) is 12.7 Å². The van der Waals surface area contributed by atoms with Gasteiger partial charge in [0.1, 0.15) is 12.4 Å². The summed E-state index contributed by atoms with van der Waals surface area (Å²) in [6.07, 6.45) is 0.696. The summed E-state index contributed by atoms with van der Waals surface area (Å²) in [4.78, 5) is 13.6. The molecule has 0 fully saturated rings. The molecular formula is C20H25ClN2O4S2. The number of benzene rings is 2. The number of carbonyl (C=O) groups excluding carboxylic acids is 1. The van der Waals surface area contributed by atoms with E-state index in [1.165, 1.54) is 38.0 Å². The van der Waals surface area contributed by atoms with Crippen molar-refractivity contribution in [1.82, 2.24) is 9.62 Å². The number of rotatable bonds is 10. The highest BCUT2D eigenvalue weighted by molar-refractivity contribution is 8.00. The van der Waals surface area contributed by atoms with Crippen molar-refractivity contribution in [3.8, 4) is 5.75 Å². The summed E-state index contributed by atoms with van der Waals surface area (Å²) in [7, 11) is -0.493. The quantitative estimate of drug-likeness (QED) is 0.436. The molecule has 1 amide bonds. The summed E-state index contributed by atoms with van der Waals surface area (Å²) in [5.41, 5.74) is 0. The monoisotopic (exact) mass is 456 g/mol. The number of ether oxygens (including phenoxy) is 1. The Balaban J connectivity index is 1.80. The van der Waals surface area contributed by atoms with E-state index in [-0.39, 0.29) is 22.7 Å². The predicted molar refractivity (Wildman–Crippen MR) is 117 cm³/mol. The molecule has 0 spiro atoms. The Kier molecular flexibility index (Phi) is 8.82. The van der Waals surface area contributed by atoms with Crippen LogP contribution in [-0.4, -0.2) is 51.1 Å². The molecule has 0 bridgehead atoms. The summed E-state index contributed by atoms with van der Waals surface area (Å²) >= 11 is 7.38. The predicted octanol–water partition coefficient (Wildman–Crippen LogP) is 3.66. The molecule has 0 saturated heterocycles. The third-order valence-electron chi connectivity index (χ3n) is 4.03. The van der Waals surface area contributed by atoms with Crippen LogP contribution in [0, 0.1) is 0 Å². The van der Waals surface area contributed by atoms with Crippen LogP contribution in [0.15, 0.2) is 58.3 Å². The van der Waals surface area contributed by atoms with Crippen LogP contribution in [0.3, 0.4) is 0 Å². The number of nitrogens with zero attached hydrogens (tertiary/aromatic N) is 1. The van der Waals surface area contributed by atoms with Crippen molar-refractivity contribution in [3.63, 3.8) is 0 Å². The highest BCUT2D eigenvalue weighted by Gasteiger charge is 2.18. The zero-order valence-electron chi connectivity index (χ0n) is 16.6. The zero-order valence-corrected chi connectivity index (χ0v) is 19.0. The van der Waals surface area contributed by atoms with Crippen LogP contribution in [-0.2, 0) is 14.8 Å². The Morgan fingerprint density at radius 2 is 1.76 bits per heavy atom. The van der Waals surface area contributed by atoms with Gasteiger partial charge in [0.15, 0.2) is 0 Å². The van der Waals surface area contributed by atoms with Gasteiger partial charge in [-0.05, 0) is 55.0 Å². The number of carbonyl (C=O) groups is 1. The van der Waals surface area contributed by atoms with Gasteiger partial charge in [-0.15, -0.1) is 11.8 Å². The van der Waals surface area contributed by atoms with E-state index >= 15 is 0 Å². The Hall–Kier alpha value is -1.74. The first-order valence-corrected chi connectivity index (χ1v) is 11.8. The maximum Gasteiger partial charge on any atom is 0.242 e. The Labute approximate surface area is 181 Å². The van der Waals surface area contributed by atoms with E-state index in [0.717, 1.165) is 9.20 Å². The van der Waals surface area contributed by atoms with E-state index in [4.69, 9.17) is 16.3 Å². The lowest BCUT2D eigenvalue weighted by Crippen LogP contribution is -2.35. The smallest absolute Gasteiger partial charge is 0.242 e. The zero-order chi connectivity index (χ0) is 21.4. The first-order valence-electron chi connectivity index (χ1n) is 9.09. The summed E-state index contributed by atoms with van der Waals surface area (Å²) in [5, 5.41) is 3.33. The van der Waals surface area contributed by atoms with Crippen LogP contribution < -0.4 is 10.1 Å². The molecule has 0 heterocycles. The lowest BCUT2D eigenvalue weighted by molar-refractivity contribution is -0.120. The molecule has 0 radical (unpaired) electrons. The van der Waals surface area contributed by atoms with Gasteiger partial charge in [-0.3, -0.25) is 4.79 Å². The molecule has 2 rings (SSSR count). The largest absolute Gasteiger partial charge is 0.492 e. The molecule has 6 nitrogen and oxygen atoms in total. The first-order chi connectivity index (χ1) is 13.7. The molecule has 0 unspecified atom stereocenters. The molecule has 0 aliphatic rings. The molecule has 158 valence electrons. The minimum absolute atomic E-state index is 0.0523. The Morgan fingerprint density at radius 1 is 1.14 bits per heavy atom. The van der Waals surface area contributed by atoms with E-state index in [0.29, 0.717) is 23.7 Å².